The van der Waals surface area contributed by atoms with Crippen molar-refractivity contribution in [1.82, 2.24) is 0 Å². The molecular weight excluding hydrogens is 407 g/mol. The Morgan fingerprint density at radius 1 is 1.29 bits per heavy atom. The summed E-state index contributed by atoms with van der Waals surface area (Å²) in [6.07, 6.45) is 0. The van der Waals surface area contributed by atoms with E-state index in [1.165, 1.54) is 17.0 Å². The van der Waals surface area contributed by atoms with Gasteiger partial charge in [0.05, 0.1) is 10.0 Å². The highest BCUT2D eigenvalue weighted by Gasteiger charge is 2.14. The second-order valence-electron chi connectivity index (χ2n) is 4.12. The third-order valence-corrected chi connectivity index (χ3v) is 5.28. The molecule has 0 fully saturated rings. The van der Waals surface area contributed by atoms with Crippen LogP contribution in [-0.2, 0) is 6.54 Å². The molecule has 1 N–H and O–H groups in total. The number of alkyl halides is 2. The van der Waals surface area contributed by atoms with Crippen LogP contribution >= 0.6 is 50.5 Å². The van der Waals surface area contributed by atoms with E-state index in [1.807, 2.05) is 13.0 Å². The van der Waals surface area contributed by atoms with Crippen LogP contribution < -0.4 is 10.1 Å². The van der Waals surface area contributed by atoms with Crippen molar-refractivity contribution in [2.75, 3.05) is 5.32 Å². The summed E-state index contributed by atoms with van der Waals surface area (Å²) in [6.45, 7) is -0.369. The molecule has 0 aliphatic rings. The minimum Gasteiger partial charge on any atom is -0.432 e. The number of ether oxygens (including phenoxy) is 1. The highest BCUT2D eigenvalue weighted by Crippen LogP contribution is 2.37. The maximum Gasteiger partial charge on any atom is 0.387 e. The summed E-state index contributed by atoms with van der Waals surface area (Å²) in [5.74, 6) is -0.214. The molecule has 2 nitrogen and oxygen atoms in total. The van der Waals surface area contributed by atoms with Crippen molar-refractivity contribution in [3.05, 3.63) is 42.5 Å². The normalized spacial score (nSPS) is 11.0. The number of aryl methyl sites for hydroxylation is 1. The third kappa shape index (κ3) is 4.45. The molecule has 0 unspecified atom stereocenters. The molecule has 1 aromatic heterocycles. The standard InChI is InChI=1S/C13H10BrCl2F2NOS/c1-6-9(14)4-8(21-6)5-19-7-2-10(15)12(11(16)3-7)20-13(17)18/h2-4,13,19H,5H2,1H3. The lowest BCUT2D eigenvalue weighted by Crippen LogP contribution is -2.04. The van der Waals surface area contributed by atoms with Gasteiger partial charge in [0, 0.05) is 26.5 Å². The molecule has 8 heteroatoms. The maximum absolute atomic E-state index is 12.2. The third-order valence-electron chi connectivity index (χ3n) is 2.58. The van der Waals surface area contributed by atoms with Crippen LogP contribution in [0.5, 0.6) is 5.75 Å². The summed E-state index contributed by atoms with van der Waals surface area (Å²) in [6, 6.07) is 5.02. The lowest BCUT2D eigenvalue weighted by Gasteiger charge is -2.12. The molecule has 0 saturated carbocycles. The summed E-state index contributed by atoms with van der Waals surface area (Å²) in [5, 5.41) is 3.21. The Morgan fingerprint density at radius 3 is 2.38 bits per heavy atom. The zero-order chi connectivity index (χ0) is 15.6. The monoisotopic (exact) mass is 415 g/mol. The minimum atomic E-state index is -2.97. The summed E-state index contributed by atoms with van der Waals surface area (Å²) in [7, 11) is 0. The molecule has 0 saturated heterocycles. The van der Waals surface area contributed by atoms with Crippen molar-refractivity contribution in [3.63, 3.8) is 0 Å². The molecule has 2 rings (SSSR count). The van der Waals surface area contributed by atoms with Crippen LogP contribution in [0.15, 0.2) is 22.7 Å². The Kier molecular flexibility index (Phi) is 5.71. The van der Waals surface area contributed by atoms with Gasteiger partial charge < -0.3 is 10.1 Å². The van der Waals surface area contributed by atoms with Gasteiger partial charge in [0.2, 0.25) is 0 Å². The van der Waals surface area contributed by atoms with Crippen molar-refractivity contribution < 1.29 is 13.5 Å². The molecule has 2 aromatic rings. The van der Waals surface area contributed by atoms with Crippen LogP contribution in [0.3, 0.4) is 0 Å². The van der Waals surface area contributed by atoms with Gasteiger partial charge in [-0.3, -0.25) is 0 Å². The predicted molar refractivity (Wildman–Crippen MR) is 87.2 cm³/mol. The van der Waals surface area contributed by atoms with E-state index >= 15 is 0 Å². The van der Waals surface area contributed by atoms with E-state index in [0.29, 0.717) is 12.2 Å². The van der Waals surface area contributed by atoms with Gasteiger partial charge in [-0.1, -0.05) is 23.2 Å². The number of nitrogens with one attached hydrogen (secondary N) is 1. The molecule has 0 aliphatic carbocycles. The lowest BCUT2D eigenvalue weighted by molar-refractivity contribution is -0.0497. The Bertz CT molecular complexity index is 609. The summed E-state index contributed by atoms with van der Waals surface area (Å²) in [5.41, 5.74) is 0.633. The van der Waals surface area contributed by atoms with Gasteiger partial charge in [-0.15, -0.1) is 11.3 Å². The number of rotatable bonds is 5. The average molecular weight is 417 g/mol. The van der Waals surface area contributed by atoms with Crippen LogP contribution in [0.4, 0.5) is 14.5 Å². The minimum absolute atomic E-state index is 0.0360. The molecule has 114 valence electrons. The van der Waals surface area contributed by atoms with Crippen LogP contribution in [0.25, 0.3) is 0 Å². The Labute approximate surface area is 143 Å². The fraction of sp³-hybridized carbons (Fsp3) is 0.231. The van der Waals surface area contributed by atoms with Gasteiger partial charge in [0.25, 0.3) is 0 Å². The van der Waals surface area contributed by atoms with Gasteiger partial charge in [-0.05, 0) is 41.1 Å². The molecule has 0 bridgehead atoms. The number of thiophene rings is 1. The fourth-order valence-electron chi connectivity index (χ4n) is 1.66. The predicted octanol–water partition coefficient (Wildman–Crippen LogP) is 6.34. The molecule has 0 aliphatic heterocycles. The zero-order valence-electron chi connectivity index (χ0n) is 10.7. The van der Waals surface area contributed by atoms with Gasteiger partial charge in [-0.2, -0.15) is 8.78 Å². The SMILES string of the molecule is Cc1sc(CNc2cc(Cl)c(OC(F)F)c(Cl)c2)cc1Br. The zero-order valence-corrected chi connectivity index (χ0v) is 14.6. The Hall–Kier alpha value is -0.560. The first-order chi connectivity index (χ1) is 9.86. The molecule has 1 heterocycles. The van der Waals surface area contributed by atoms with Crippen LogP contribution in [0, 0.1) is 6.92 Å². The average Bonchev–Trinajstić information content (AvgIpc) is 2.70. The van der Waals surface area contributed by atoms with Crippen molar-refractivity contribution in [1.29, 1.82) is 0 Å². The van der Waals surface area contributed by atoms with Crippen LogP contribution in [0.1, 0.15) is 9.75 Å². The highest BCUT2D eigenvalue weighted by atomic mass is 79.9. The van der Waals surface area contributed by atoms with Crippen LogP contribution in [0.2, 0.25) is 10.0 Å². The number of halogens is 5. The van der Waals surface area contributed by atoms with E-state index in [0.717, 1.165) is 9.35 Å². The van der Waals surface area contributed by atoms with E-state index in [-0.39, 0.29) is 15.8 Å². The lowest BCUT2D eigenvalue weighted by atomic mass is 10.3. The molecule has 0 atom stereocenters. The topological polar surface area (TPSA) is 21.3 Å². The number of anilines is 1. The second kappa shape index (κ2) is 7.13. The number of benzene rings is 1. The molecule has 0 amide bonds. The first-order valence-electron chi connectivity index (χ1n) is 5.79. The summed E-state index contributed by atoms with van der Waals surface area (Å²) < 4.78 is 29.8. The Morgan fingerprint density at radius 2 is 1.90 bits per heavy atom. The van der Waals surface area contributed by atoms with Gasteiger partial charge >= 0.3 is 6.61 Å². The van der Waals surface area contributed by atoms with Gasteiger partial charge in [0.15, 0.2) is 5.75 Å². The van der Waals surface area contributed by atoms with Crippen molar-refractivity contribution in [2.24, 2.45) is 0 Å². The summed E-state index contributed by atoms with van der Waals surface area (Å²) in [4.78, 5) is 2.31. The van der Waals surface area contributed by atoms with E-state index in [4.69, 9.17) is 23.2 Å². The maximum atomic E-state index is 12.2. The van der Waals surface area contributed by atoms with Crippen molar-refractivity contribution in [3.8, 4) is 5.75 Å². The van der Waals surface area contributed by atoms with Crippen molar-refractivity contribution >= 4 is 56.2 Å². The first-order valence-corrected chi connectivity index (χ1v) is 8.16. The van der Waals surface area contributed by atoms with E-state index in [1.54, 1.807) is 11.3 Å². The molecule has 21 heavy (non-hydrogen) atoms. The van der Waals surface area contributed by atoms with Crippen molar-refractivity contribution in [2.45, 2.75) is 20.1 Å². The van der Waals surface area contributed by atoms with Gasteiger partial charge in [0.1, 0.15) is 0 Å². The number of hydrogen-bond donors (Lipinski definition) is 1. The first kappa shape index (κ1) is 16.8. The van der Waals surface area contributed by atoms with E-state index in [2.05, 4.69) is 26.0 Å². The molecule has 0 radical (unpaired) electrons. The van der Waals surface area contributed by atoms with Crippen LogP contribution in [-0.4, -0.2) is 6.61 Å². The smallest absolute Gasteiger partial charge is 0.387 e. The molecular formula is C13H10BrCl2F2NOS. The largest absolute Gasteiger partial charge is 0.432 e. The molecule has 1 aromatic carbocycles. The van der Waals surface area contributed by atoms with E-state index < -0.39 is 6.61 Å². The second-order valence-corrected chi connectivity index (χ2v) is 7.13. The molecule has 0 spiro atoms. The summed E-state index contributed by atoms with van der Waals surface area (Å²) >= 11 is 16.9. The fourth-order valence-corrected chi connectivity index (χ4v) is 3.78. The van der Waals surface area contributed by atoms with Gasteiger partial charge in [-0.25, -0.2) is 0 Å². The highest BCUT2D eigenvalue weighted by molar-refractivity contribution is 9.10. The number of hydrogen-bond acceptors (Lipinski definition) is 3. The quantitative estimate of drug-likeness (QED) is 0.613. The van der Waals surface area contributed by atoms with E-state index in [9.17, 15) is 8.78 Å². The Balaban J connectivity index is 2.10.